The molecule has 4 nitrogen and oxygen atoms in total. The van der Waals surface area contributed by atoms with Gasteiger partial charge in [0, 0.05) is 6.20 Å². The number of hydrogen-bond donors (Lipinski definition) is 1. The summed E-state index contributed by atoms with van der Waals surface area (Å²) in [7, 11) is 1.57. The van der Waals surface area contributed by atoms with Gasteiger partial charge in [0.15, 0.2) is 0 Å². The normalized spacial score (nSPS) is 11.0. The van der Waals surface area contributed by atoms with Gasteiger partial charge in [0.2, 0.25) is 0 Å². The lowest BCUT2D eigenvalue weighted by molar-refractivity contribution is -0.136. The van der Waals surface area contributed by atoms with Crippen LogP contribution in [0.2, 0.25) is 0 Å². The van der Waals surface area contributed by atoms with Gasteiger partial charge in [0.05, 0.1) is 25.0 Å². The maximum atomic E-state index is 13.7. The number of anilines is 1. The number of carbonyl (C=O) groups excluding carboxylic acids is 1. The van der Waals surface area contributed by atoms with Crippen LogP contribution in [0.3, 0.4) is 0 Å². The third kappa shape index (κ3) is 4.32. The van der Waals surface area contributed by atoms with Crippen molar-refractivity contribution < 1.29 is 18.7 Å². The summed E-state index contributed by atoms with van der Waals surface area (Å²) in [4.78, 5) is 12.1. The molecule has 1 N–H and O–H groups in total. The van der Waals surface area contributed by atoms with Gasteiger partial charge in [-0.1, -0.05) is 24.3 Å². The molecule has 0 aliphatic rings. The first kappa shape index (κ1) is 16.5. The average Bonchev–Trinajstić information content (AvgIpc) is 2.57. The summed E-state index contributed by atoms with van der Waals surface area (Å²) in [6.07, 6.45) is 1.44. The van der Waals surface area contributed by atoms with Crippen LogP contribution in [0.1, 0.15) is 12.5 Å². The predicted molar refractivity (Wildman–Crippen MR) is 87.6 cm³/mol. The molecule has 23 heavy (non-hydrogen) atoms. The SMILES string of the molecule is CCOC(=O)/C(=C/Nc1ccccc1F)c1ccc(OC)cc1. The number of ether oxygens (including phenoxy) is 2. The van der Waals surface area contributed by atoms with Gasteiger partial charge in [-0.05, 0) is 36.8 Å². The Hall–Kier alpha value is -2.82. The van der Waals surface area contributed by atoms with E-state index in [0.29, 0.717) is 16.9 Å². The molecular weight excluding hydrogens is 297 g/mol. The molecule has 0 heterocycles. The maximum absolute atomic E-state index is 13.7. The van der Waals surface area contributed by atoms with Gasteiger partial charge < -0.3 is 14.8 Å². The number of methoxy groups -OCH3 is 1. The minimum Gasteiger partial charge on any atom is -0.497 e. The van der Waals surface area contributed by atoms with Crippen molar-refractivity contribution in [3.8, 4) is 5.75 Å². The summed E-state index contributed by atoms with van der Waals surface area (Å²) in [5.74, 6) is -0.206. The Balaban J connectivity index is 2.31. The largest absolute Gasteiger partial charge is 0.497 e. The molecule has 0 spiro atoms. The minimum atomic E-state index is -0.485. The van der Waals surface area contributed by atoms with Crippen molar-refractivity contribution in [3.05, 3.63) is 66.1 Å². The van der Waals surface area contributed by atoms with Gasteiger partial charge in [-0.15, -0.1) is 0 Å². The van der Waals surface area contributed by atoms with Crippen LogP contribution in [-0.4, -0.2) is 19.7 Å². The van der Waals surface area contributed by atoms with Gasteiger partial charge in [-0.2, -0.15) is 0 Å². The van der Waals surface area contributed by atoms with Crippen LogP contribution in [-0.2, 0) is 9.53 Å². The molecule has 0 aromatic heterocycles. The Bertz CT molecular complexity index is 696. The van der Waals surface area contributed by atoms with E-state index >= 15 is 0 Å². The smallest absolute Gasteiger partial charge is 0.340 e. The van der Waals surface area contributed by atoms with Gasteiger partial charge in [-0.3, -0.25) is 0 Å². The van der Waals surface area contributed by atoms with E-state index in [9.17, 15) is 9.18 Å². The Kier molecular flexibility index (Phi) is 5.74. The third-order valence-corrected chi connectivity index (χ3v) is 3.14. The van der Waals surface area contributed by atoms with Crippen LogP contribution < -0.4 is 10.1 Å². The van der Waals surface area contributed by atoms with Gasteiger partial charge in [-0.25, -0.2) is 9.18 Å². The van der Waals surface area contributed by atoms with Crippen LogP contribution in [0, 0.1) is 5.82 Å². The molecule has 0 amide bonds. The predicted octanol–water partition coefficient (Wildman–Crippen LogP) is 3.85. The average molecular weight is 315 g/mol. The van der Waals surface area contributed by atoms with Crippen LogP contribution in [0.25, 0.3) is 5.57 Å². The van der Waals surface area contributed by atoms with E-state index in [1.807, 2.05) is 0 Å². The van der Waals surface area contributed by atoms with Crippen molar-refractivity contribution in [2.75, 3.05) is 19.0 Å². The number of halogens is 1. The fraction of sp³-hybridized carbons (Fsp3) is 0.167. The van der Waals surface area contributed by atoms with Crippen LogP contribution >= 0.6 is 0 Å². The van der Waals surface area contributed by atoms with E-state index in [-0.39, 0.29) is 12.3 Å². The summed E-state index contributed by atoms with van der Waals surface area (Å²) in [5, 5.41) is 2.81. The monoisotopic (exact) mass is 315 g/mol. The molecule has 0 atom stereocenters. The van der Waals surface area contributed by atoms with Gasteiger partial charge >= 0.3 is 5.97 Å². The summed E-state index contributed by atoms with van der Waals surface area (Å²) in [6.45, 7) is 1.99. The zero-order valence-corrected chi connectivity index (χ0v) is 13.0. The highest BCUT2D eigenvalue weighted by atomic mass is 19.1. The van der Waals surface area contributed by atoms with Gasteiger partial charge in [0.25, 0.3) is 0 Å². The van der Waals surface area contributed by atoms with E-state index in [4.69, 9.17) is 9.47 Å². The molecule has 0 radical (unpaired) electrons. The Morgan fingerprint density at radius 3 is 2.48 bits per heavy atom. The third-order valence-electron chi connectivity index (χ3n) is 3.14. The summed E-state index contributed by atoms with van der Waals surface area (Å²) < 4.78 is 23.8. The standard InChI is InChI=1S/C18H18FNO3/c1-3-23-18(21)15(13-8-10-14(22-2)11-9-13)12-20-17-7-5-4-6-16(17)19/h4-12,20H,3H2,1-2H3/b15-12+. The molecule has 2 rings (SSSR count). The van der Waals surface area contributed by atoms with E-state index in [2.05, 4.69) is 5.32 Å². The molecule has 2 aromatic rings. The second-order valence-corrected chi connectivity index (χ2v) is 4.63. The molecule has 2 aromatic carbocycles. The lowest BCUT2D eigenvalue weighted by Crippen LogP contribution is -2.09. The number of nitrogens with one attached hydrogen (secondary N) is 1. The zero-order chi connectivity index (χ0) is 16.7. The molecule has 0 aliphatic carbocycles. The molecule has 0 saturated heterocycles. The van der Waals surface area contributed by atoms with Gasteiger partial charge in [0.1, 0.15) is 11.6 Å². The molecule has 0 aliphatic heterocycles. The second kappa shape index (κ2) is 7.98. The summed E-state index contributed by atoms with van der Waals surface area (Å²) in [6, 6.07) is 13.2. The summed E-state index contributed by atoms with van der Waals surface area (Å²) in [5.41, 5.74) is 1.23. The highest BCUT2D eigenvalue weighted by Gasteiger charge is 2.13. The second-order valence-electron chi connectivity index (χ2n) is 4.63. The molecule has 5 heteroatoms. The van der Waals surface area contributed by atoms with Crippen LogP contribution in [0.5, 0.6) is 5.75 Å². The van der Waals surface area contributed by atoms with E-state index < -0.39 is 11.8 Å². The fourth-order valence-electron chi connectivity index (χ4n) is 1.97. The molecule has 0 bridgehead atoms. The number of rotatable bonds is 6. The van der Waals surface area contributed by atoms with E-state index in [1.54, 1.807) is 56.5 Å². The Morgan fingerprint density at radius 1 is 1.17 bits per heavy atom. The first-order chi connectivity index (χ1) is 11.2. The van der Waals surface area contributed by atoms with Crippen molar-refractivity contribution in [3.63, 3.8) is 0 Å². The molecular formula is C18H18FNO3. The molecule has 0 fully saturated rings. The zero-order valence-electron chi connectivity index (χ0n) is 13.0. The lowest BCUT2D eigenvalue weighted by Gasteiger charge is -2.10. The van der Waals surface area contributed by atoms with Crippen molar-refractivity contribution in [2.45, 2.75) is 6.92 Å². The number of carbonyl (C=O) groups is 1. The van der Waals surface area contributed by atoms with E-state index in [1.165, 1.54) is 12.3 Å². The Labute approximate surface area is 134 Å². The number of benzene rings is 2. The van der Waals surface area contributed by atoms with E-state index in [0.717, 1.165) is 0 Å². The highest BCUT2D eigenvalue weighted by molar-refractivity contribution is 6.16. The first-order valence-corrected chi connectivity index (χ1v) is 7.18. The minimum absolute atomic E-state index is 0.256. The Morgan fingerprint density at radius 2 is 1.87 bits per heavy atom. The van der Waals surface area contributed by atoms with Crippen LogP contribution in [0.4, 0.5) is 10.1 Å². The molecule has 0 unspecified atom stereocenters. The van der Waals surface area contributed by atoms with Crippen molar-refractivity contribution in [2.24, 2.45) is 0 Å². The fourth-order valence-corrected chi connectivity index (χ4v) is 1.97. The summed E-state index contributed by atoms with van der Waals surface area (Å²) >= 11 is 0. The van der Waals surface area contributed by atoms with Crippen LogP contribution in [0.15, 0.2) is 54.7 Å². The molecule has 0 saturated carbocycles. The topological polar surface area (TPSA) is 47.6 Å². The lowest BCUT2D eigenvalue weighted by atomic mass is 10.1. The van der Waals surface area contributed by atoms with Crippen molar-refractivity contribution in [1.82, 2.24) is 0 Å². The molecule has 120 valence electrons. The quantitative estimate of drug-likeness (QED) is 0.650. The first-order valence-electron chi connectivity index (χ1n) is 7.18. The number of hydrogen-bond acceptors (Lipinski definition) is 4. The highest BCUT2D eigenvalue weighted by Crippen LogP contribution is 2.21. The maximum Gasteiger partial charge on any atom is 0.340 e. The van der Waals surface area contributed by atoms with Crippen molar-refractivity contribution >= 4 is 17.2 Å². The van der Waals surface area contributed by atoms with Crippen molar-refractivity contribution in [1.29, 1.82) is 0 Å². The number of esters is 1. The number of para-hydroxylation sites is 1.